The fourth-order valence-corrected chi connectivity index (χ4v) is 4.52. The first-order valence-electron chi connectivity index (χ1n) is 11.0. The van der Waals surface area contributed by atoms with Crippen molar-refractivity contribution >= 4 is 21.6 Å². The molecule has 180 valence electrons. The van der Waals surface area contributed by atoms with E-state index in [2.05, 4.69) is 5.32 Å². The minimum atomic E-state index is -3.77. The number of nitrogens with zero attached hydrogens (tertiary/aromatic N) is 1. The Morgan fingerprint density at radius 2 is 1.68 bits per heavy atom. The highest BCUT2D eigenvalue weighted by molar-refractivity contribution is 7.92. The summed E-state index contributed by atoms with van der Waals surface area (Å²) in [5.74, 6) is 1.25. The molecule has 0 fully saturated rings. The Morgan fingerprint density at radius 1 is 1.00 bits per heavy atom. The molecule has 0 heterocycles. The fourth-order valence-electron chi connectivity index (χ4n) is 3.66. The van der Waals surface area contributed by atoms with Crippen molar-refractivity contribution in [1.29, 1.82) is 0 Å². The molecule has 0 radical (unpaired) electrons. The third-order valence-corrected chi connectivity index (χ3v) is 6.48. The van der Waals surface area contributed by atoms with Gasteiger partial charge in [0, 0.05) is 0 Å². The Kier molecular flexibility index (Phi) is 8.17. The number of anilines is 1. The van der Waals surface area contributed by atoms with E-state index in [0.717, 1.165) is 27.4 Å². The number of benzene rings is 3. The van der Waals surface area contributed by atoms with Gasteiger partial charge in [-0.1, -0.05) is 49.4 Å². The third-order valence-electron chi connectivity index (χ3n) is 5.36. The van der Waals surface area contributed by atoms with Crippen LogP contribution in [0.25, 0.3) is 0 Å². The standard InChI is InChI=1S/C26H30N2O5S/c1-5-22(20-15-16-24(32-3)19(2)17-20)27-26(29)18-28(34(4,30)31)23-13-9-10-14-25(23)33-21-11-7-6-8-12-21/h6-17,22H,5,18H2,1-4H3,(H,27,29). The molecular weight excluding hydrogens is 452 g/mol. The summed E-state index contributed by atoms with van der Waals surface area (Å²) >= 11 is 0. The first-order valence-corrected chi connectivity index (χ1v) is 12.8. The van der Waals surface area contributed by atoms with Crippen LogP contribution in [0.3, 0.4) is 0 Å². The molecule has 0 saturated carbocycles. The van der Waals surface area contributed by atoms with Crippen molar-refractivity contribution in [1.82, 2.24) is 5.32 Å². The van der Waals surface area contributed by atoms with Crippen LogP contribution < -0.4 is 19.1 Å². The number of para-hydroxylation sites is 3. The smallest absolute Gasteiger partial charge is 0.241 e. The lowest BCUT2D eigenvalue weighted by Crippen LogP contribution is -2.41. The lowest BCUT2D eigenvalue weighted by Gasteiger charge is -2.26. The first kappa shape index (κ1) is 25.1. The highest BCUT2D eigenvalue weighted by Crippen LogP contribution is 2.33. The van der Waals surface area contributed by atoms with E-state index >= 15 is 0 Å². The molecular formula is C26H30N2O5S. The molecule has 34 heavy (non-hydrogen) atoms. The van der Waals surface area contributed by atoms with E-state index in [4.69, 9.17) is 9.47 Å². The average Bonchev–Trinajstić information content (AvgIpc) is 2.81. The number of rotatable bonds is 10. The van der Waals surface area contributed by atoms with Crippen molar-refractivity contribution in [2.75, 3.05) is 24.2 Å². The van der Waals surface area contributed by atoms with Crippen molar-refractivity contribution in [3.63, 3.8) is 0 Å². The topological polar surface area (TPSA) is 84.9 Å². The summed E-state index contributed by atoms with van der Waals surface area (Å²) in [5.41, 5.74) is 2.17. The molecule has 3 aromatic carbocycles. The highest BCUT2D eigenvalue weighted by Gasteiger charge is 2.25. The van der Waals surface area contributed by atoms with Gasteiger partial charge < -0.3 is 14.8 Å². The van der Waals surface area contributed by atoms with Gasteiger partial charge in [0.2, 0.25) is 15.9 Å². The second kappa shape index (κ2) is 11.1. The van der Waals surface area contributed by atoms with Crippen LogP contribution in [0, 0.1) is 6.92 Å². The Balaban J connectivity index is 1.84. The minimum absolute atomic E-state index is 0.269. The van der Waals surface area contributed by atoms with E-state index in [-0.39, 0.29) is 18.3 Å². The van der Waals surface area contributed by atoms with Gasteiger partial charge in [0.1, 0.15) is 18.0 Å². The summed E-state index contributed by atoms with van der Waals surface area (Å²) < 4.78 is 37.7. The zero-order valence-electron chi connectivity index (χ0n) is 19.8. The fraction of sp³-hybridized carbons (Fsp3) is 0.269. The summed E-state index contributed by atoms with van der Waals surface area (Å²) in [6, 6.07) is 21.3. The number of ether oxygens (including phenoxy) is 2. The van der Waals surface area contributed by atoms with Gasteiger partial charge in [-0.05, 0) is 54.8 Å². The number of amides is 1. The van der Waals surface area contributed by atoms with Crippen LogP contribution in [-0.2, 0) is 14.8 Å². The SMILES string of the molecule is CCC(NC(=O)CN(c1ccccc1Oc1ccccc1)S(C)(=O)=O)c1ccc(OC)c(C)c1. The van der Waals surface area contributed by atoms with E-state index in [1.165, 1.54) is 0 Å². The summed E-state index contributed by atoms with van der Waals surface area (Å²) in [6.45, 7) is 3.52. The van der Waals surface area contributed by atoms with E-state index in [9.17, 15) is 13.2 Å². The Morgan fingerprint density at radius 3 is 2.29 bits per heavy atom. The largest absolute Gasteiger partial charge is 0.496 e. The van der Waals surface area contributed by atoms with Crippen molar-refractivity contribution in [3.8, 4) is 17.2 Å². The van der Waals surface area contributed by atoms with Gasteiger partial charge in [-0.2, -0.15) is 0 Å². The van der Waals surface area contributed by atoms with E-state index < -0.39 is 15.9 Å². The Labute approximate surface area is 201 Å². The molecule has 0 aliphatic heterocycles. The first-order chi connectivity index (χ1) is 16.2. The molecule has 1 atom stereocenters. The highest BCUT2D eigenvalue weighted by atomic mass is 32.2. The zero-order valence-corrected chi connectivity index (χ0v) is 20.6. The maximum absolute atomic E-state index is 13.0. The third kappa shape index (κ3) is 6.29. The van der Waals surface area contributed by atoms with Crippen molar-refractivity contribution < 1.29 is 22.7 Å². The summed E-state index contributed by atoms with van der Waals surface area (Å²) in [6.07, 6.45) is 1.72. The van der Waals surface area contributed by atoms with Crippen LogP contribution in [0.5, 0.6) is 17.2 Å². The van der Waals surface area contributed by atoms with Crippen molar-refractivity contribution in [2.24, 2.45) is 0 Å². The number of sulfonamides is 1. The van der Waals surface area contributed by atoms with Crippen LogP contribution >= 0.6 is 0 Å². The number of hydrogen-bond acceptors (Lipinski definition) is 5. The quantitative estimate of drug-likeness (QED) is 0.447. The van der Waals surface area contributed by atoms with Gasteiger partial charge in [0.15, 0.2) is 5.75 Å². The van der Waals surface area contributed by atoms with Gasteiger partial charge in [-0.3, -0.25) is 9.10 Å². The predicted molar refractivity (Wildman–Crippen MR) is 134 cm³/mol. The molecule has 0 aromatic heterocycles. The number of methoxy groups -OCH3 is 1. The molecule has 8 heteroatoms. The molecule has 1 amide bonds. The number of hydrogen-bond donors (Lipinski definition) is 1. The van der Waals surface area contributed by atoms with Gasteiger partial charge in [-0.15, -0.1) is 0 Å². The molecule has 3 aromatic rings. The van der Waals surface area contributed by atoms with E-state index in [1.54, 1.807) is 43.5 Å². The van der Waals surface area contributed by atoms with Crippen LogP contribution in [0.1, 0.15) is 30.5 Å². The predicted octanol–water partition coefficient (Wildman–Crippen LogP) is 4.83. The molecule has 7 nitrogen and oxygen atoms in total. The van der Waals surface area contributed by atoms with Crippen LogP contribution in [0.15, 0.2) is 72.8 Å². The lowest BCUT2D eigenvalue weighted by molar-refractivity contribution is -0.120. The number of nitrogens with one attached hydrogen (secondary N) is 1. The van der Waals surface area contributed by atoms with Crippen molar-refractivity contribution in [3.05, 3.63) is 83.9 Å². The zero-order chi connectivity index (χ0) is 24.7. The molecule has 0 saturated heterocycles. The Hall–Kier alpha value is -3.52. The molecule has 0 aliphatic rings. The van der Waals surface area contributed by atoms with Crippen LogP contribution in [0.2, 0.25) is 0 Å². The van der Waals surface area contributed by atoms with Crippen molar-refractivity contribution in [2.45, 2.75) is 26.3 Å². The summed E-state index contributed by atoms with van der Waals surface area (Å²) in [4.78, 5) is 13.0. The molecule has 3 rings (SSSR count). The van der Waals surface area contributed by atoms with Gasteiger partial charge >= 0.3 is 0 Å². The Bertz CT molecular complexity index is 1230. The molecule has 0 spiro atoms. The second-order valence-electron chi connectivity index (χ2n) is 7.91. The lowest BCUT2D eigenvalue weighted by atomic mass is 10.0. The average molecular weight is 483 g/mol. The second-order valence-corrected chi connectivity index (χ2v) is 9.82. The summed E-state index contributed by atoms with van der Waals surface area (Å²) in [5, 5.41) is 2.96. The molecule has 1 unspecified atom stereocenters. The number of carbonyl (C=O) groups is 1. The van der Waals surface area contributed by atoms with Gasteiger partial charge in [0.25, 0.3) is 0 Å². The van der Waals surface area contributed by atoms with Gasteiger partial charge in [0.05, 0.1) is 25.1 Å². The molecule has 0 bridgehead atoms. The molecule has 0 aliphatic carbocycles. The molecule has 1 N–H and O–H groups in total. The van der Waals surface area contributed by atoms with Gasteiger partial charge in [-0.25, -0.2) is 8.42 Å². The number of aryl methyl sites for hydroxylation is 1. The maximum Gasteiger partial charge on any atom is 0.241 e. The van der Waals surface area contributed by atoms with E-state index in [1.807, 2.05) is 50.2 Å². The van der Waals surface area contributed by atoms with Crippen LogP contribution in [0.4, 0.5) is 5.69 Å². The normalized spacial score (nSPS) is 12.0. The maximum atomic E-state index is 13.0. The number of carbonyl (C=O) groups excluding carboxylic acids is 1. The van der Waals surface area contributed by atoms with E-state index in [0.29, 0.717) is 17.9 Å². The monoisotopic (exact) mass is 482 g/mol. The minimum Gasteiger partial charge on any atom is -0.496 e. The summed E-state index contributed by atoms with van der Waals surface area (Å²) in [7, 11) is -2.16. The van der Waals surface area contributed by atoms with Crippen LogP contribution in [-0.4, -0.2) is 34.2 Å².